The maximum atomic E-state index is 5.60. The lowest BCUT2D eigenvalue weighted by atomic mass is 10.2. The van der Waals surface area contributed by atoms with Crippen molar-refractivity contribution in [2.24, 2.45) is 0 Å². The van der Waals surface area contributed by atoms with Gasteiger partial charge in [-0.1, -0.05) is 32.0 Å². The first kappa shape index (κ1) is 14.5. The molecule has 1 heterocycles. The molecule has 0 aliphatic rings. The maximum Gasteiger partial charge on any atom is 0.258 e. The first-order chi connectivity index (χ1) is 9.69. The van der Waals surface area contributed by atoms with E-state index in [9.17, 15) is 0 Å². The van der Waals surface area contributed by atoms with Crippen LogP contribution in [0.5, 0.6) is 5.75 Å². The van der Waals surface area contributed by atoms with E-state index in [0.29, 0.717) is 30.9 Å². The summed E-state index contributed by atoms with van der Waals surface area (Å²) >= 11 is 0. The maximum absolute atomic E-state index is 5.60. The van der Waals surface area contributed by atoms with Crippen LogP contribution < -0.4 is 10.1 Å². The molecule has 20 heavy (non-hydrogen) atoms. The Kier molecular flexibility index (Phi) is 5.12. The van der Waals surface area contributed by atoms with Gasteiger partial charge < -0.3 is 14.6 Å². The number of rotatable bonds is 7. The van der Waals surface area contributed by atoms with E-state index in [2.05, 4.69) is 36.2 Å². The smallest absolute Gasteiger partial charge is 0.258 e. The molecule has 2 rings (SSSR count). The van der Waals surface area contributed by atoms with Crippen molar-refractivity contribution in [3.63, 3.8) is 0 Å². The molecule has 108 valence electrons. The van der Waals surface area contributed by atoms with E-state index in [4.69, 9.17) is 9.26 Å². The Morgan fingerprint density at radius 2 is 2.20 bits per heavy atom. The average molecular weight is 275 g/mol. The molecule has 2 aromatic rings. The van der Waals surface area contributed by atoms with Crippen molar-refractivity contribution in [3.8, 4) is 17.2 Å². The lowest BCUT2D eigenvalue weighted by Gasteiger charge is -2.04. The molecule has 1 aromatic carbocycles. The fourth-order valence-electron chi connectivity index (χ4n) is 1.68. The number of ether oxygens (including phenoxy) is 1. The van der Waals surface area contributed by atoms with E-state index >= 15 is 0 Å². The summed E-state index contributed by atoms with van der Waals surface area (Å²) in [7, 11) is 0. The van der Waals surface area contributed by atoms with E-state index < -0.39 is 0 Å². The second-order valence-corrected chi connectivity index (χ2v) is 4.93. The highest BCUT2D eigenvalue weighted by molar-refractivity contribution is 5.55. The number of benzene rings is 1. The number of hydrogen-bond acceptors (Lipinski definition) is 5. The van der Waals surface area contributed by atoms with Gasteiger partial charge in [-0.05, 0) is 24.6 Å². The summed E-state index contributed by atoms with van der Waals surface area (Å²) in [5.74, 6) is 2.01. The van der Waals surface area contributed by atoms with Crippen LogP contribution in [0.3, 0.4) is 0 Å². The van der Waals surface area contributed by atoms with Crippen molar-refractivity contribution in [2.75, 3.05) is 6.61 Å². The van der Waals surface area contributed by atoms with Gasteiger partial charge >= 0.3 is 0 Å². The Morgan fingerprint density at radius 3 is 2.95 bits per heavy atom. The molecule has 5 nitrogen and oxygen atoms in total. The fraction of sp³-hybridized carbons (Fsp3) is 0.467. The van der Waals surface area contributed by atoms with Gasteiger partial charge in [-0.3, -0.25) is 0 Å². The van der Waals surface area contributed by atoms with Gasteiger partial charge in [-0.25, -0.2) is 0 Å². The van der Waals surface area contributed by atoms with Crippen molar-refractivity contribution in [2.45, 2.75) is 39.8 Å². The first-order valence-electron chi connectivity index (χ1n) is 6.98. The summed E-state index contributed by atoms with van der Waals surface area (Å²) in [6, 6.07) is 8.10. The highest BCUT2D eigenvalue weighted by Crippen LogP contribution is 2.22. The Morgan fingerprint density at radius 1 is 1.35 bits per heavy atom. The largest absolute Gasteiger partial charge is 0.494 e. The van der Waals surface area contributed by atoms with Crippen molar-refractivity contribution in [3.05, 3.63) is 30.1 Å². The average Bonchev–Trinajstić information content (AvgIpc) is 2.92. The van der Waals surface area contributed by atoms with Crippen LogP contribution in [-0.2, 0) is 6.54 Å². The molecule has 0 bridgehead atoms. The third kappa shape index (κ3) is 4.06. The van der Waals surface area contributed by atoms with Crippen molar-refractivity contribution in [1.82, 2.24) is 15.5 Å². The molecule has 0 fully saturated rings. The van der Waals surface area contributed by atoms with Gasteiger partial charge in [-0.15, -0.1) is 0 Å². The number of nitrogens with one attached hydrogen (secondary N) is 1. The SMILES string of the molecule is CCCOc1cccc(-c2nc(CNC(C)C)no2)c1. The Bertz CT molecular complexity index is 537. The minimum Gasteiger partial charge on any atom is -0.494 e. The Balaban J connectivity index is 2.07. The molecule has 0 amide bonds. The fourth-order valence-corrected chi connectivity index (χ4v) is 1.68. The molecule has 0 aliphatic heterocycles. The molecule has 1 aromatic heterocycles. The summed E-state index contributed by atoms with van der Waals surface area (Å²) in [4.78, 5) is 4.38. The van der Waals surface area contributed by atoms with E-state index in [-0.39, 0.29) is 0 Å². The van der Waals surface area contributed by atoms with E-state index in [1.807, 2.05) is 24.3 Å². The van der Waals surface area contributed by atoms with Gasteiger partial charge in [0.25, 0.3) is 5.89 Å². The number of nitrogens with zero attached hydrogens (tertiary/aromatic N) is 2. The zero-order valence-electron chi connectivity index (χ0n) is 12.2. The zero-order chi connectivity index (χ0) is 14.4. The first-order valence-corrected chi connectivity index (χ1v) is 6.98. The van der Waals surface area contributed by atoms with E-state index in [0.717, 1.165) is 17.7 Å². The third-order valence-electron chi connectivity index (χ3n) is 2.69. The second kappa shape index (κ2) is 7.05. The van der Waals surface area contributed by atoms with Crippen LogP contribution in [0, 0.1) is 0 Å². The molecule has 0 atom stereocenters. The predicted molar refractivity (Wildman–Crippen MR) is 77.5 cm³/mol. The van der Waals surface area contributed by atoms with Crippen LogP contribution in [0.15, 0.2) is 28.8 Å². The lowest BCUT2D eigenvalue weighted by molar-refractivity contribution is 0.317. The number of aromatic nitrogens is 2. The van der Waals surface area contributed by atoms with Crippen LogP contribution in [-0.4, -0.2) is 22.8 Å². The van der Waals surface area contributed by atoms with Crippen LogP contribution in [0.2, 0.25) is 0 Å². The normalized spacial score (nSPS) is 11.0. The standard InChI is InChI=1S/C15H21N3O2/c1-4-8-19-13-7-5-6-12(9-13)15-17-14(18-20-15)10-16-11(2)3/h5-7,9,11,16H,4,8,10H2,1-3H3. The van der Waals surface area contributed by atoms with Crippen molar-refractivity contribution < 1.29 is 9.26 Å². The van der Waals surface area contributed by atoms with Crippen LogP contribution in [0.1, 0.15) is 33.0 Å². The predicted octanol–water partition coefficient (Wildman–Crippen LogP) is 3.02. The summed E-state index contributed by atoms with van der Waals surface area (Å²) < 4.78 is 10.9. The zero-order valence-corrected chi connectivity index (χ0v) is 12.2. The molecule has 0 unspecified atom stereocenters. The van der Waals surface area contributed by atoms with E-state index in [1.54, 1.807) is 0 Å². The second-order valence-electron chi connectivity index (χ2n) is 4.93. The molecule has 5 heteroatoms. The van der Waals surface area contributed by atoms with Crippen molar-refractivity contribution in [1.29, 1.82) is 0 Å². The summed E-state index contributed by atoms with van der Waals surface area (Å²) in [6.45, 7) is 7.55. The summed E-state index contributed by atoms with van der Waals surface area (Å²) in [5, 5.41) is 7.22. The molecule has 0 spiro atoms. The van der Waals surface area contributed by atoms with E-state index in [1.165, 1.54) is 0 Å². The minimum absolute atomic E-state index is 0.391. The Labute approximate surface area is 119 Å². The molecule has 1 N–H and O–H groups in total. The molecular weight excluding hydrogens is 254 g/mol. The monoisotopic (exact) mass is 275 g/mol. The van der Waals surface area contributed by atoms with Gasteiger partial charge in [0, 0.05) is 11.6 Å². The highest BCUT2D eigenvalue weighted by Gasteiger charge is 2.09. The van der Waals surface area contributed by atoms with Gasteiger partial charge in [0.2, 0.25) is 0 Å². The van der Waals surface area contributed by atoms with Gasteiger partial charge in [-0.2, -0.15) is 4.98 Å². The molecule has 0 saturated heterocycles. The molecule has 0 aliphatic carbocycles. The summed E-state index contributed by atoms with van der Waals surface area (Å²) in [6.07, 6.45) is 0.982. The Hall–Kier alpha value is -1.88. The third-order valence-corrected chi connectivity index (χ3v) is 2.69. The van der Waals surface area contributed by atoms with Crippen LogP contribution >= 0.6 is 0 Å². The minimum atomic E-state index is 0.391. The summed E-state index contributed by atoms with van der Waals surface area (Å²) in [5.41, 5.74) is 0.877. The van der Waals surface area contributed by atoms with Gasteiger partial charge in [0.15, 0.2) is 5.82 Å². The highest BCUT2D eigenvalue weighted by atomic mass is 16.5. The molecule has 0 saturated carbocycles. The van der Waals surface area contributed by atoms with Crippen molar-refractivity contribution >= 4 is 0 Å². The molecule has 0 radical (unpaired) electrons. The lowest BCUT2D eigenvalue weighted by Crippen LogP contribution is -2.22. The number of hydrogen-bond donors (Lipinski definition) is 1. The van der Waals surface area contributed by atoms with Crippen LogP contribution in [0.4, 0.5) is 0 Å². The quantitative estimate of drug-likeness (QED) is 0.841. The van der Waals surface area contributed by atoms with Gasteiger partial charge in [0.05, 0.1) is 13.2 Å². The van der Waals surface area contributed by atoms with Gasteiger partial charge in [0.1, 0.15) is 5.75 Å². The molecular formula is C15H21N3O2. The topological polar surface area (TPSA) is 60.2 Å². The van der Waals surface area contributed by atoms with Crippen LogP contribution in [0.25, 0.3) is 11.5 Å².